The summed E-state index contributed by atoms with van der Waals surface area (Å²) in [5.41, 5.74) is 2.67. The monoisotopic (exact) mass is 162 g/mol. The van der Waals surface area contributed by atoms with Gasteiger partial charge in [0.05, 0.1) is 0 Å². The first-order chi connectivity index (χ1) is 5.68. The van der Waals surface area contributed by atoms with Gasteiger partial charge in [-0.25, -0.2) is 4.57 Å². The third kappa shape index (κ3) is 2.87. The van der Waals surface area contributed by atoms with Gasteiger partial charge in [0.15, 0.2) is 18.9 Å². The van der Waals surface area contributed by atoms with E-state index in [0.29, 0.717) is 0 Å². The molecule has 0 aromatic carbocycles. The van der Waals surface area contributed by atoms with Gasteiger partial charge in [0, 0.05) is 12.1 Å². The van der Waals surface area contributed by atoms with Gasteiger partial charge in [-0.05, 0) is 32.4 Å². The molecule has 1 heterocycles. The topological polar surface area (TPSA) is 3.88 Å². The predicted octanol–water partition coefficient (Wildman–Crippen LogP) is 2.25. The summed E-state index contributed by atoms with van der Waals surface area (Å²) in [5.74, 6) is 0. The van der Waals surface area contributed by atoms with Gasteiger partial charge in [-0.3, -0.25) is 0 Å². The highest BCUT2D eigenvalue weighted by Gasteiger charge is 1.94. The molecule has 0 aliphatic heterocycles. The molecule has 0 bridgehead atoms. The Morgan fingerprint density at radius 3 is 2.42 bits per heavy atom. The van der Waals surface area contributed by atoms with Gasteiger partial charge < -0.3 is 0 Å². The molecule has 1 nitrogen and oxygen atoms in total. The third-order valence-electron chi connectivity index (χ3n) is 1.77. The van der Waals surface area contributed by atoms with Crippen molar-refractivity contribution in [2.75, 3.05) is 0 Å². The molecular formula is C11H16N+. The number of pyridine rings is 1. The number of hydrogen-bond donors (Lipinski definition) is 0. The van der Waals surface area contributed by atoms with Crippen LogP contribution in [0.25, 0.3) is 0 Å². The van der Waals surface area contributed by atoms with Crippen LogP contribution in [0.1, 0.15) is 19.4 Å². The zero-order chi connectivity index (χ0) is 8.97. The molecule has 0 atom stereocenters. The van der Waals surface area contributed by atoms with E-state index < -0.39 is 0 Å². The van der Waals surface area contributed by atoms with Crippen molar-refractivity contribution in [3.8, 4) is 0 Å². The van der Waals surface area contributed by atoms with Crippen LogP contribution in [-0.4, -0.2) is 0 Å². The van der Waals surface area contributed by atoms with Crippen LogP contribution in [0.2, 0.25) is 0 Å². The zero-order valence-electron chi connectivity index (χ0n) is 8.04. The minimum atomic E-state index is 0.975. The molecule has 0 aliphatic carbocycles. The minimum Gasteiger partial charge on any atom is -0.201 e. The van der Waals surface area contributed by atoms with Crippen LogP contribution in [0.15, 0.2) is 36.2 Å². The third-order valence-corrected chi connectivity index (χ3v) is 1.77. The largest absolute Gasteiger partial charge is 0.201 e. The molecule has 0 amide bonds. The van der Waals surface area contributed by atoms with E-state index in [1.807, 2.05) is 0 Å². The zero-order valence-corrected chi connectivity index (χ0v) is 8.04. The molecule has 1 aromatic rings. The normalized spacial score (nSPS) is 9.58. The smallest absolute Gasteiger partial charge is 0.169 e. The lowest BCUT2D eigenvalue weighted by Crippen LogP contribution is -2.31. The Labute approximate surface area is 74.4 Å². The molecule has 1 rings (SSSR count). The standard InChI is InChI=1S/C11H16N/c1-10(2)4-7-12-8-5-11(3)6-9-12/h4-6,8-9H,7H2,1-3H3/q+1. The lowest BCUT2D eigenvalue weighted by atomic mass is 10.3. The van der Waals surface area contributed by atoms with Crippen LogP contribution >= 0.6 is 0 Å². The van der Waals surface area contributed by atoms with Gasteiger partial charge in [-0.1, -0.05) is 5.57 Å². The maximum absolute atomic E-state index is 2.22. The first kappa shape index (κ1) is 8.98. The average molecular weight is 162 g/mol. The highest BCUT2D eigenvalue weighted by molar-refractivity contribution is 5.03. The Balaban J connectivity index is 2.65. The second-order valence-corrected chi connectivity index (χ2v) is 3.35. The summed E-state index contributed by atoms with van der Waals surface area (Å²) in [7, 11) is 0. The Morgan fingerprint density at radius 2 is 1.92 bits per heavy atom. The minimum absolute atomic E-state index is 0.975. The van der Waals surface area contributed by atoms with Crippen molar-refractivity contribution in [3.63, 3.8) is 0 Å². The van der Waals surface area contributed by atoms with Crippen molar-refractivity contribution < 1.29 is 4.57 Å². The van der Waals surface area contributed by atoms with Crippen molar-refractivity contribution in [2.24, 2.45) is 0 Å². The van der Waals surface area contributed by atoms with Crippen molar-refractivity contribution in [1.29, 1.82) is 0 Å². The lowest BCUT2D eigenvalue weighted by molar-refractivity contribution is -0.687. The highest BCUT2D eigenvalue weighted by Crippen LogP contribution is 1.91. The van der Waals surface area contributed by atoms with E-state index in [4.69, 9.17) is 0 Å². The second-order valence-electron chi connectivity index (χ2n) is 3.35. The Bertz CT molecular complexity index is 266. The molecule has 1 aromatic heterocycles. The van der Waals surface area contributed by atoms with Crippen LogP contribution in [0.3, 0.4) is 0 Å². The molecule has 0 radical (unpaired) electrons. The van der Waals surface area contributed by atoms with E-state index in [1.54, 1.807) is 0 Å². The number of aryl methyl sites for hydroxylation is 1. The summed E-state index contributed by atoms with van der Waals surface area (Å²) in [6, 6.07) is 4.25. The van der Waals surface area contributed by atoms with E-state index in [9.17, 15) is 0 Å². The molecule has 0 fully saturated rings. The summed E-state index contributed by atoms with van der Waals surface area (Å²) in [6.45, 7) is 7.32. The van der Waals surface area contributed by atoms with Crippen LogP contribution in [0, 0.1) is 6.92 Å². The maximum atomic E-state index is 2.22. The molecule has 0 aliphatic rings. The summed E-state index contributed by atoms with van der Waals surface area (Å²) < 4.78 is 2.17. The summed E-state index contributed by atoms with van der Waals surface area (Å²) in [6.07, 6.45) is 6.43. The quantitative estimate of drug-likeness (QED) is 0.464. The van der Waals surface area contributed by atoms with Crippen LogP contribution < -0.4 is 4.57 Å². The first-order valence-corrected chi connectivity index (χ1v) is 4.27. The number of aromatic nitrogens is 1. The highest BCUT2D eigenvalue weighted by atomic mass is 14.9. The molecule has 0 unspecified atom stereocenters. The maximum Gasteiger partial charge on any atom is 0.169 e. The molecule has 12 heavy (non-hydrogen) atoms. The number of nitrogens with zero attached hydrogens (tertiary/aromatic N) is 1. The first-order valence-electron chi connectivity index (χ1n) is 4.27. The van der Waals surface area contributed by atoms with E-state index in [1.165, 1.54) is 11.1 Å². The summed E-state index contributed by atoms with van der Waals surface area (Å²) >= 11 is 0. The Hall–Kier alpha value is -1.11. The summed E-state index contributed by atoms with van der Waals surface area (Å²) in [4.78, 5) is 0. The molecular weight excluding hydrogens is 146 g/mol. The van der Waals surface area contributed by atoms with E-state index in [-0.39, 0.29) is 0 Å². The van der Waals surface area contributed by atoms with Crippen LogP contribution in [-0.2, 0) is 6.54 Å². The molecule has 1 heteroatoms. The van der Waals surface area contributed by atoms with Crippen molar-refractivity contribution in [1.82, 2.24) is 0 Å². The predicted molar refractivity (Wildman–Crippen MR) is 50.8 cm³/mol. The fourth-order valence-corrected chi connectivity index (χ4v) is 0.942. The number of hydrogen-bond acceptors (Lipinski definition) is 0. The van der Waals surface area contributed by atoms with Gasteiger partial charge in [0.2, 0.25) is 0 Å². The Morgan fingerprint density at radius 1 is 1.33 bits per heavy atom. The van der Waals surface area contributed by atoms with Gasteiger partial charge in [-0.2, -0.15) is 0 Å². The van der Waals surface area contributed by atoms with Crippen molar-refractivity contribution >= 4 is 0 Å². The van der Waals surface area contributed by atoms with Crippen molar-refractivity contribution in [2.45, 2.75) is 27.3 Å². The number of rotatable bonds is 2. The van der Waals surface area contributed by atoms with Gasteiger partial charge in [0.25, 0.3) is 0 Å². The van der Waals surface area contributed by atoms with Crippen LogP contribution in [0.4, 0.5) is 0 Å². The molecule has 0 saturated heterocycles. The molecule has 0 N–H and O–H groups in total. The molecule has 64 valence electrons. The number of allylic oxidation sites excluding steroid dienone is 2. The average Bonchev–Trinajstić information content (AvgIpc) is 2.03. The Kier molecular flexibility index (Phi) is 3.03. The molecule has 0 spiro atoms. The van der Waals surface area contributed by atoms with Gasteiger partial charge in [0.1, 0.15) is 0 Å². The molecule has 0 saturated carbocycles. The van der Waals surface area contributed by atoms with E-state index in [2.05, 4.69) is 55.9 Å². The lowest BCUT2D eigenvalue weighted by Gasteiger charge is -1.92. The fourth-order valence-electron chi connectivity index (χ4n) is 0.942. The van der Waals surface area contributed by atoms with Gasteiger partial charge >= 0.3 is 0 Å². The van der Waals surface area contributed by atoms with E-state index >= 15 is 0 Å². The summed E-state index contributed by atoms with van der Waals surface area (Å²) in [5, 5.41) is 0. The van der Waals surface area contributed by atoms with Gasteiger partial charge in [-0.15, -0.1) is 0 Å². The van der Waals surface area contributed by atoms with Crippen molar-refractivity contribution in [3.05, 3.63) is 41.7 Å². The SMILES string of the molecule is CC(C)=CC[n+]1ccc(C)cc1. The fraction of sp³-hybridized carbons (Fsp3) is 0.364. The van der Waals surface area contributed by atoms with E-state index in [0.717, 1.165) is 6.54 Å². The second kappa shape index (κ2) is 4.05. The van der Waals surface area contributed by atoms with Crippen LogP contribution in [0.5, 0.6) is 0 Å².